The molecule has 1 N–H and O–H groups in total. The first-order valence-electron chi connectivity index (χ1n) is 10.2. The minimum Gasteiger partial charge on any atom is -0.324 e. The Morgan fingerprint density at radius 2 is 1.75 bits per heavy atom. The Bertz CT molecular complexity index is 1160. The van der Waals surface area contributed by atoms with Crippen molar-refractivity contribution in [1.82, 2.24) is 4.90 Å². The molecule has 1 heterocycles. The number of nitrogens with zero attached hydrogens (tertiary/aromatic N) is 2. The molecule has 4 rings (SSSR count). The number of likely N-dealkylation sites (N-methyl/N-ethyl adjacent to an activating group) is 1. The third kappa shape index (κ3) is 4.60. The molecule has 3 aromatic carbocycles. The summed E-state index contributed by atoms with van der Waals surface area (Å²) in [5, 5.41) is 4.61. The zero-order chi connectivity index (χ0) is 22.9. The lowest BCUT2D eigenvalue weighted by Crippen LogP contribution is -2.52. The summed E-state index contributed by atoms with van der Waals surface area (Å²) in [6, 6.07) is 17.6. The molecule has 1 aliphatic heterocycles. The molecule has 0 aromatic heterocycles. The van der Waals surface area contributed by atoms with E-state index in [9.17, 15) is 22.8 Å². The van der Waals surface area contributed by atoms with E-state index < -0.39 is 30.5 Å². The molecular weight excluding hydrogens is 419 g/mol. The van der Waals surface area contributed by atoms with Crippen LogP contribution in [0, 0.1) is 0 Å². The Morgan fingerprint density at radius 1 is 1.06 bits per heavy atom. The van der Waals surface area contributed by atoms with Crippen LogP contribution in [-0.2, 0) is 16.1 Å². The maximum Gasteiger partial charge on any atom is 0.409 e. The number of carbonyl (C=O) groups excluding carboxylic acids is 2. The summed E-state index contributed by atoms with van der Waals surface area (Å²) in [6.07, 6.45) is -5.60. The summed E-state index contributed by atoms with van der Waals surface area (Å²) in [5.41, 5.74) is 1.18. The molecule has 2 amide bonds. The van der Waals surface area contributed by atoms with Crippen molar-refractivity contribution in [3.63, 3.8) is 0 Å². The van der Waals surface area contributed by atoms with Crippen molar-refractivity contribution in [3.05, 3.63) is 72.3 Å². The van der Waals surface area contributed by atoms with E-state index in [0.717, 1.165) is 16.3 Å². The van der Waals surface area contributed by atoms with E-state index in [2.05, 4.69) is 5.32 Å². The maximum absolute atomic E-state index is 13.8. The van der Waals surface area contributed by atoms with Crippen LogP contribution in [0.3, 0.4) is 0 Å². The van der Waals surface area contributed by atoms with Gasteiger partial charge in [0.15, 0.2) is 0 Å². The number of hydrogen-bond donors (Lipinski definition) is 1. The third-order valence-corrected chi connectivity index (χ3v) is 5.45. The van der Waals surface area contributed by atoms with Gasteiger partial charge < -0.3 is 5.32 Å². The highest BCUT2D eigenvalue weighted by molar-refractivity contribution is 6.05. The number of anilines is 2. The van der Waals surface area contributed by atoms with Gasteiger partial charge in [-0.1, -0.05) is 48.5 Å². The molecule has 1 atom stereocenters. The third-order valence-electron chi connectivity index (χ3n) is 5.45. The van der Waals surface area contributed by atoms with E-state index >= 15 is 0 Å². The van der Waals surface area contributed by atoms with Gasteiger partial charge in [-0.3, -0.25) is 19.4 Å². The summed E-state index contributed by atoms with van der Waals surface area (Å²) in [7, 11) is 1.68. The fourth-order valence-corrected chi connectivity index (χ4v) is 4.01. The van der Waals surface area contributed by atoms with Gasteiger partial charge in [-0.2, -0.15) is 13.2 Å². The number of amides is 2. The minimum atomic E-state index is -4.75. The van der Waals surface area contributed by atoms with Gasteiger partial charge in [-0.05, 0) is 41.6 Å². The number of rotatable bonds is 4. The van der Waals surface area contributed by atoms with Gasteiger partial charge in [0.25, 0.3) is 0 Å². The molecule has 0 radical (unpaired) electrons. The number of para-hydroxylation sites is 2. The number of benzene rings is 3. The van der Waals surface area contributed by atoms with E-state index in [1.807, 2.05) is 42.5 Å². The van der Waals surface area contributed by atoms with Gasteiger partial charge in [-0.25, -0.2) is 0 Å². The second-order valence-corrected chi connectivity index (χ2v) is 7.94. The van der Waals surface area contributed by atoms with Crippen LogP contribution in [0.15, 0.2) is 66.7 Å². The predicted octanol–water partition coefficient (Wildman–Crippen LogP) is 4.58. The molecular formula is C24H22F3N3O2. The van der Waals surface area contributed by atoms with Crippen LogP contribution in [0.4, 0.5) is 24.5 Å². The van der Waals surface area contributed by atoms with Crippen LogP contribution in [0.25, 0.3) is 10.8 Å². The van der Waals surface area contributed by atoms with Crippen molar-refractivity contribution < 1.29 is 22.8 Å². The number of halogens is 3. The molecule has 8 heteroatoms. The highest BCUT2D eigenvalue weighted by Gasteiger charge is 2.49. The minimum absolute atomic E-state index is 0.0461. The van der Waals surface area contributed by atoms with Gasteiger partial charge in [-0.15, -0.1) is 0 Å². The van der Waals surface area contributed by atoms with E-state index in [4.69, 9.17) is 0 Å². The fourth-order valence-electron chi connectivity index (χ4n) is 4.01. The molecule has 5 nitrogen and oxygen atoms in total. The molecule has 1 aliphatic rings. The Hall–Kier alpha value is -3.39. The molecule has 0 saturated carbocycles. The summed E-state index contributed by atoms with van der Waals surface area (Å²) in [4.78, 5) is 27.6. The second-order valence-electron chi connectivity index (χ2n) is 7.94. The van der Waals surface area contributed by atoms with Crippen molar-refractivity contribution in [3.8, 4) is 0 Å². The van der Waals surface area contributed by atoms with Crippen molar-refractivity contribution >= 4 is 34.0 Å². The van der Waals surface area contributed by atoms with Gasteiger partial charge in [0.05, 0.1) is 24.3 Å². The SMILES string of the molecule is CN(CC(=O)N1c2ccccc2NC(=O)CC1C(F)(F)F)Cc1ccc2ccccc2c1. The summed E-state index contributed by atoms with van der Waals surface area (Å²) >= 11 is 0. The molecule has 0 aliphatic carbocycles. The zero-order valence-corrected chi connectivity index (χ0v) is 17.4. The standard InChI is InChI=1S/C24H22F3N3O2/c1-29(14-16-10-11-17-6-2-3-7-18(17)12-16)15-23(32)30-20-9-5-4-8-19(20)28-22(31)13-21(30)24(25,26)27/h2-12,21H,13-15H2,1H3,(H,28,31). The van der Waals surface area contributed by atoms with E-state index in [1.165, 1.54) is 12.1 Å². The zero-order valence-electron chi connectivity index (χ0n) is 17.4. The molecule has 0 bridgehead atoms. The Morgan fingerprint density at radius 3 is 2.50 bits per heavy atom. The predicted molar refractivity (Wildman–Crippen MR) is 117 cm³/mol. The molecule has 3 aromatic rings. The molecule has 166 valence electrons. The van der Waals surface area contributed by atoms with Crippen molar-refractivity contribution in [2.75, 3.05) is 23.8 Å². The molecule has 32 heavy (non-hydrogen) atoms. The van der Waals surface area contributed by atoms with Crippen LogP contribution >= 0.6 is 0 Å². The number of nitrogens with one attached hydrogen (secondary N) is 1. The first-order valence-corrected chi connectivity index (χ1v) is 10.2. The highest BCUT2D eigenvalue weighted by atomic mass is 19.4. The number of alkyl halides is 3. The molecule has 1 unspecified atom stereocenters. The smallest absolute Gasteiger partial charge is 0.324 e. The van der Waals surface area contributed by atoms with Gasteiger partial charge in [0, 0.05) is 6.54 Å². The Balaban J connectivity index is 1.58. The molecule has 0 saturated heterocycles. The van der Waals surface area contributed by atoms with E-state index in [1.54, 1.807) is 24.1 Å². The summed E-state index contributed by atoms with van der Waals surface area (Å²) in [6.45, 7) is 0.155. The largest absolute Gasteiger partial charge is 0.409 e. The normalized spacial score (nSPS) is 16.6. The first-order chi connectivity index (χ1) is 15.2. The van der Waals surface area contributed by atoms with Crippen LogP contribution in [-0.4, -0.2) is 42.5 Å². The van der Waals surface area contributed by atoms with Crippen LogP contribution in [0.5, 0.6) is 0 Å². The fraction of sp³-hybridized carbons (Fsp3) is 0.250. The topological polar surface area (TPSA) is 52.7 Å². The average Bonchev–Trinajstić information content (AvgIpc) is 2.89. The van der Waals surface area contributed by atoms with Gasteiger partial charge in [0.1, 0.15) is 6.04 Å². The van der Waals surface area contributed by atoms with Gasteiger partial charge >= 0.3 is 6.18 Å². The number of fused-ring (bicyclic) bond motifs is 2. The maximum atomic E-state index is 13.8. The Labute approximate surface area is 183 Å². The lowest BCUT2D eigenvalue weighted by Gasteiger charge is -2.33. The summed E-state index contributed by atoms with van der Waals surface area (Å²) < 4.78 is 41.5. The number of carbonyl (C=O) groups is 2. The molecule has 0 fully saturated rings. The van der Waals surface area contributed by atoms with Crippen molar-refractivity contribution in [2.24, 2.45) is 0 Å². The van der Waals surface area contributed by atoms with E-state index in [0.29, 0.717) is 11.4 Å². The van der Waals surface area contributed by atoms with E-state index in [-0.39, 0.29) is 17.9 Å². The first kappa shape index (κ1) is 21.8. The lowest BCUT2D eigenvalue weighted by molar-refractivity contribution is -0.158. The second kappa shape index (κ2) is 8.63. The highest BCUT2D eigenvalue weighted by Crippen LogP contribution is 2.37. The van der Waals surface area contributed by atoms with Gasteiger partial charge in [0.2, 0.25) is 11.8 Å². The van der Waals surface area contributed by atoms with Crippen LogP contribution in [0.2, 0.25) is 0 Å². The quantitative estimate of drug-likeness (QED) is 0.645. The molecule has 0 spiro atoms. The Kier molecular flexibility index (Phi) is 5.88. The van der Waals surface area contributed by atoms with Crippen LogP contribution in [0.1, 0.15) is 12.0 Å². The number of hydrogen-bond acceptors (Lipinski definition) is 3. The van der Waals surface area contributed by atoms with Crippen LogP contribution < -0.4 is 10.2 Å². The monoisotopic (exact) mass is 441 g/mol. The van der Waals surface area contributed by atoms with Crippen molar-refractivity contribution in [1.29, 1.82) is 0 Å². The average molecular weight is 441 g/mol. The lowest BCUT2D eigenvalue weighted by atomic mass is 10.1. The summed E-state index contributed by atoms with van der Waals surface area (Å²) in [5.74, 6) is -1.50. The van der Waals surface area contributed by atoms with Crippen molar-refractivity contribution in [2.45, 2.75) is 25.2 Å².